The van der Waals surface area contributed by atoms with Crippen LogP contribution in [0, 0.1) is 5.41 Å². The lowest BCUT2D eigenvalue weighted by atomic mass is 9.95. The predicted octanol–water partition coefficient (Wildman–Crippen LogP) is 3.90. The van der Waals surface area contributed by atoms with E-state index in [9.17, 15) is 13.2 Å². The molecular formula is C12H15BrF3NO. The van der Waals surface area contributed by atoms with Gasteiger partial charge in [0.25, 0.3) is 0 Å². The molecule has 0 aliphatic heterocycles. The van der Waals surface area contributed by atoms with Gasteiger partial charge < -0.3 is 10.4 Å². The molecular weight excluding hydrogens is 311 g/mol. The smallest absolute Gasteiger partial charge is 0.396 e. The minimum absolute atomic E-state index is 0.0415. The highest BCUT2D eigenvalue weighted by atomic mass is 79.9. The number of alkyl halides is 3. The molecule has 0 atom stereocenters. The summed E-state index contributed by atoms with van der Waals surface area (Å²) in [5.74, 6) is 0. The average Bonchev–Trinajstić information content (AvgIpc) is 2.25. The summed E-state index contributed by atoms with van der Waals surface area (Å²) in [6.07, 6.45) is -4.37. The molecule has 0 radical (unpaired) electrons. The first-order valence-corrected chi connectivity index (χ1v) is 6.16. The van der Waals surface area contributed by atoms with Gasteiger partial charge >= 0.3 is 6.18 Å². The first kappa shape index (κ1) is 15.3. The van der Waals surface area contributed by atoms with Crippen molar-refractivity contribution in [1.82, 2.24) is 0 Å². The van der Waals surface area contributed by atoms with E-state index in [1.165, 1.54) is 0 Å². The minimum atomic E-state index is -4.37. The Hall–Kier alpha value is -0.750. The lowest BCUT2D eigenvalue weighted by molar-refractivity contribution is -0.137. The number of aliphatic hydroxyl groups excluding tert-OH is 1. The highest BCUT2D eigenvalue weighted by molar-refractivity contribution is 9.10. The van der Waals surface area contributed by atoms with Crippen molar-refractivity contribution in [3.8, 4) is 0 Å². The largest absolute Gasteiger partial charge is 0.416 e. The van der Waals surface area contributed by atoms with Gasteiger partial charge in [0.1, 0.15) is 0 Å². The van der Waals surface area contributed by atoms with Crippen molar-refractivity contribution in [3.05, 3.63) is 28.2 Å². The van der Waals surface area contributed by atoms with Gasteiger partial charge in [0.15, 0.2) is 0 Å². The Labute approximate surface area is 112 Å². The molecule has 0 aliphatic carbocycles. The van der Waals surface area contributed by atoms with Crippen molar-refractivity contribution in [2.75, 3.05) is 18.5 Å². The van der Waals surface area contributed by atoms with Gasteiger partial charge in [-0.1, -0.05) is 29.8 Å². The standard InChI is InChI=1S/C12H15BrF3NO/c1-11(2,7-18)6-17-10-4-8(12(14,15)16)3-9(13)5-10/h3-5,17-18H,6-7H2,1-2H3. The van der Waals surface area contributed by atoms with Crippen LogP contribution in [0.15, 0.2) is 22.7 Å². The fraction of sp³-hybridized carbons (Fsp3) is 0.500. The molecule has 1 aromatic carbocycles. The third-order valence-electron chi connectivity index (χ3n) is 2.42. The number of hydrogen-bond donors (Lipinski definition) is 2. The summed E-state index contributed by atoms with van der Waals surface area (Å²) in [6, 6.07) is 3.66. The molecule has 0 aromatic heterocycles. The molecule has 1 rings (SSSR count). The molecule has 18 heavy (non-hydrogen) atoms. The molecule has 1 aromatic rings. The number of hydrogen-bond acceptors (Lipinski definition) is 2. The van der Waals surface area contributed by atoms with E-state index in [0.717, 1.165) is 12.1 Å². The third-order valence-corrected chi connectivity index (χ3v) is 2.88. The first-order valence-electron chi connectivity index (χ1n) is 5.36. The highest BCUT2D eigenvalue weighted by Gasteiger charge is 2.31. The monoisotopic (exact) mass is 325 g/mol. The number of rotatable bonds is 4. The van der Waals surface area contributed by atoms with Crippen LogP contribution in [0.4, 0.5) is 18.9 Å². The number of nitrogens with one attached hydrogen (secondary N) is 1. The van der Waals surface area contributed by atoms with Crippen molar-refractivity contribution in [2.24, 2.45) is 5.41 Å². The second-order valence-electron chi connectivity index (χ2n) is 4.90. The molecule has 6 heteroatoms. The fourth-order valence-corrected chi connectivity index (χ4v) is 1.75. The zero-order valence-corrected chi connectivity index (χ0v) is 11.7. The van der Waals surface area contributed by atoms with Gasteiger partial charge in [0.05, 0.1) is 5.56 Å². The molecule has 0 spiro atoms. The van der Waals surface area contributed by atoms with Crippen molar-refractivity contribution in [1.29, 1.82) is 0 Å². The minimum Gasteiger partial charge on any atom is -0.396 e. The summed E-state index contributed by atoms with van der Waals surface area (Å²) in [5, 5.41) is 12.0. The second kappa shape index (κ2) is 5.48. The average molecular weight is 326 g/mol. The van der Waals surface area contributed by atoms with E-state index in [1.807, 2.05) is 13.8 Å². The Kier molecular flexibility index (Phi) is 4.66. The summed E-state index contributed by atoms with van der Waals surface area (Å²) >= 11 is 3.05. The van der Waals surface area contributed by atoms with Gasteiger partial charge in [-0.25, -0.2) is 0 Å². The molecule has 0 aliphatic rings. The van der Waals surface area contributed by atoms with E-state index in [2.05, 4.69) is 21.2 Å². The van der Waals surface area contributed by atoms with E-state index >= 15 is 0 Å². The predicted molar refractivity (Wildman–Crippen MR) is 68.5 cm³/mol. The van der Waals surface area contributed by atoms with E-state index in [4.69, 9.17) is 5.11 Å². The van der Waals surface area contributed by atoms with Crippen molar-refractivity contribution < 1.29 is 18.3 Å². The lowest BCUT2D eigenvalue weighted by Crippen LogP contribution is -2.26. The number of aliphatic hydroxyl groups is 1. The van der Waals surface area contributed by atoms with Crippen LogP contribution in [0.25, 0.3) is 0 Å². The van der Waals surface area contributed by atoms with Crippen LogP contribution in [-0.4, -0.2) is 18.3 Å². The maximum atomic E-state index is 12.6. The quantitative estimate of drug-likeness (QED) is 0.880. The summed E-state index contributed by atoms with van der Waals surface area (Å²) in [7, 11) is 0. The molecule has 2 N–H and O–H groups in total. The Morgan fingerprint density at radius 2 is 1.83 bits per heavy atom. The Bertz CT molecular complexity index is 418. The third kappa shape index (κ3) is 4.49. The summed E-state index contributed by atoms with van der Waals surface area (Å²) in [4.78, 5) is 0. The highest BCUT2D eigenvalue weighted by Crippen LogP contribution is 2.33. The molecule has 0 saturated heterocycles. The first-order chi connectivity index (χ1) is 8.14. The molecule has 0 saturated carbocycles. The second-order valence-corrected chi connectivity index (χ2v) is 5.82. The Balaban J connectivity index is 2.88. The molecule has 102 valence electrons. The van der Waals surface area contributed by atoms with Crippen LogP contribution >= 0.6 is 15.9 Å². The summed E-state index contributed by atoms with van der Waals surface area (Å²) < 4.78 is 38.2. The van der Waals surface area contributed by atoms with E-state index < -0.39 is 11.7 Å². The Morgan fingerprint density at radius 1 is 1.22 bits per heavy atom. The zero-order valence-electron chi connectivity index (χ0n) is 10.1. The number of anilines is 1. The maximum Gasteiger partial charge on any atom is 0.416 e. The van der Waals surface area contributed by atoms with Gasteiger partial charge in [-0.3, -0.25) is 0 Å². The topological polar surface area (TPSA) is 32.3 Å². The number of halogens is 4. The van der Waals surface area contributed by atoms with Crippen molar-refractivity contribution >= 4 is 21.6 Å². The van der Waals surface area contributed by atoms with Crippen LogP contribution in [-0.2, 0) is 6.18 Å². The SMILES string of the molecule is CC(C)(CO)CNc1cc(Br)cc(C(F)(F)F)c1. The summed E-state index contributed by atoms with van der Waals surface area (Å²) in [5.41, 5.74) is -0.722. The van der Waals surface area contributed by atoms with Crippen LogP contribution in [0.5, 0.6) is 0 Å². The Morgan fingerprint density at radius 3 is 2.33 bits per heavy atom. The van der Waals surface area contributed by atoms with Gasteiger partial charge in [-0.15, -0.1) is 0 Å². The van der Waals surface area contributed by atoms with E-state index in [-0.39, 0.29) is 12.0 Å². The molecule has 2 nitrogen and oxygen atoms in total. The molecule has 0 bridgehead atoms. The lowest BCUT2D eigenvalue weighted by Gasteiger charge is -2.23. The number of benzene rings is 1. The van der Waals surface area contributed by atoms with Crippen molar-refractivity contribution in [3.63, 3.8) is 0 Å². The normalized spacial score (nSPS) is 12.6. The molecule has 0 heterocycles. The maximum absolute atomic E-state index is 12.6. The molecule has 0 fully saturated rings. The van der Waals surface area contributed by atoms with E-state index in [1.54, 1.807) is 6.07 Å². The van der Waals surface area contributed by atoms with Crippen LogP contribution in [0.1, 0.15) is 19.4 Å². The van der Waals surface area contributed by atoms with Crippen LogP contribution in [0.2, 0.25) is 0 Å². The van der Waals surface area contributed by atoms with Crippen LogP contribution < -0.4 is 5.32 Å². The van der Waals surface area contributed by atoms with Gasteiger partial charge in [-0.2, -0.15) is 13.2 Å². The van der Waals surface area contributed by atoms with Gasteiger partial charge in [0, 0.05) is 28.7 Å². The van der Waals surface area contributed by atoms with Gasteiger partial charge in [-0.05, 0) is 18.2 Å². The van der Waals surface area contributed by atoms with Crippen molar-refractivity contribution in [2.45, 2.75) is 20.0 Å². The van der Waals surface area contributed by atoms with Gasteiger partial charge in [0.2, 0.25) is 0 Å². The molecule has 0 amide bonds. The molecule has 0 unspecified atom stereocenters. The fourth-order valence-electron chi connectivity index (χ4n) is 1.25. The zero-order chi connectivity index (χ0) is 14.0. The van der Waals surface area contributed by atoms with Crippen LogP contribution in [0.3, 0.4) is 0 Å². The summed E-state index contributed by atoms with van der Waals surface area (Å²) in [6.45, 7) is 3.99. The van der Waals surface area contributed by atoms with E-state index in [0.29, 0.717) is 16.7 Å².